The second-order valence-electron chi connectivity index (χ2n) is 4.29. The van der Waals surface area contributed by atoms with Crippen LogP contribution in [0.3, 0.4) is 0 Å². The maximum absolute atomic E-state index is 11.1. The van der Waals surface area contributed by atoms with Gasteiger partial charge in [0.1, 0.15) is 6.04 Å². The third-order valence-electron chi connectivity index (χ3n) is 3.09. The maximum Gasteiger partial charge on any atom is 0.321 e. The fourth-order valence-corrected chi connectivity index (χ4v) is 2.28. The summed E-state index contributed by atoms with van der Waals surface area (Å²) in [5.41, 5.74) is 0. The van der Waals surface area contributed by atoms with Gasteiger partial charge in [0.2, 0.25) is 0 Å². The van der Waals surface area contributed by atoms with Gasteiger partial charge in [0.15, 0.2) is 0 Å². The molecule has 2 atom stereocenters. The molecule has 1 fully saturated rings. The Labute approximate surface area is 86.1 Å². The minimum atomic E-state index is -0.645. The van der Waals surface area contributed by atoms with Gasteiger partial charge in [-0.15, -0.1) is 0 Å². The Morgan fingerprint density at radius 3 is 2.86 bits per heavy atom. The fraction of sp³-hybridized carbons (Fsp3) is 0.909. The van der Waals surface area contributed by atoms with Crippen LogP contribution in [0, 0.1) is 5.92 Å². The number of carbonyl (C=O) groups is 1. The van der Waals surface area contributed by atoms with Crippen molar-refractivity contribution in [3.63, 3.8) is 0 Å². The molecule has 14 heavy (non-hydrogen) atoms. The molecule has 0 bridgehead atoms. The Bertz CT molecular complexity index is 194. The zero-order chi connectivity index (χ0) is 10.6. The van der Waals surface area contributed by atoms with E-state index in [1.807, 2.05) is 0 Å². The number of piperidine rings is 1. The normalized spacial score (nSPS) is 29.0. The lowest BCUT2D eigenvalue weighted by Gasteiger charge is -2.37. The lowest BCUT2D eigenvalue weighted by atomic mass is 9.90. The smallest absolute Gasteiger partial charge is 0.321 e. The molecule has 0 aliphatic carbocycles. The van der Waals surface area contributed by atoms with Crippen molar-refractivity contribution in [2.24, 2.45) is 5.92 Å². The van der Waals surface area contributed by atoms with E-state index in [0.717, 1.165) is 38.8 Å². The van der Waals surface area contributed by atoms with E-state index >= 15 is 0 Å². The van der Waals surface area contributed by atoms with Gasteiger partial charge >= 0.3 is 5.97 Å². The van der Waals surface area contributed by atoms with Crippen molar-refractivity contribution in [3.8, 4) is 0 Å². The Hall–Kier alpha value is -0.570. The third kappa shape index (κ3) is 2.71. The van der Waals surface area contributed by atoms with Crippen molar-refractivity contribution < 1.29 is 9.90 Å². The highest BCUT2D eigenvalue weighted by Crippen LogP contribution is 2.23. The highest BCUT2D eigenvalue weighted by atomic mass is 16.4. The molecule has 0 radical (unpaired) electrons. The lowest BCUT2D eigenvalue weighted by molar-refractivity contribution is -0.146. The molecule has 1 aliphatic heterocycles. The van der Waals surface area contributed by atoms with E-state index in [0.29, 0.717) is 5.92 Å². The summed E-state index contributed by atoms with van der Waals surface area (Å²) in [5.74, 6) is -0.341. The predicted molar refractivity (Wildman–Crippen MR) is 56.3 cm³/mol. The van der Waals surface area contributed by atoms with Crippen molar-refractivity contribution >= 4 is 5.97 Å². The van der Waals surface area contributed by atoms with Crippen LogP contribution in [0.2, 0.25) is 0 Å². The van der Waals surface area contributed by atoms with Gasteiger partial charge < -0.3 is 5.11 Å². The van der Waals surface area contributed by atoms with Gasteiger partial charge in [0, 0.05) is 0 Å². The van der Waals surface area contributed by atoms with Crippen molar-refractivity contribution in [2.45, 2.75) is 45.6 Å². The van der Waals surface area contributed by atoms with Crippen molar-refractivity contribution in [2.75, 3.05) is 13.1 Å². The highest BCUT2D eigenvalue weighted by molar-refractivity contribution is 5.74. The monoisotopic (exact) mass is 199 g/mol. The molecule has 0 saturated carbocycles. The van der Waals surface area contributed by atoms with Crippen LogP contribution >= 0.6 is 0 Å². The summed E-state index contributed by atoms with van der Waals surface area (Å²) < 4.78 is 0. The van der Waals surface area contributed by atoms with Crippen molar-refractivity contribution in [3.05, 3.63) is 0 Å². The van der Waals surface area contributed by atoms with Gasteiger partial charge in [-0.05, 0) is 38.3 Å². The van der Waals surface area contributed by atoms with Crippen LogP contribution < -0.4 is 0 Å². The van der Waals surface area contributed by atoms with Crippen LogP contribution in [0.25, 0.3) is 0 Å². The summed E-state index contributed by atoms with van der Waals surface area (Å²) in [6, 6.07) is -0.240. The number of nitrogens with zero attached hydrogens (tertiary/aromatic N) is 1. The zero-order valence-electron chi connectivity index (χ0n) is 9.20. The minimum absolute atomic E-state index is 0.240. The number of hydrogen-bond acceptors (Lipinski definition) is 2. The number of carboxylic acids is 1. The van der Waals surface area contributed by atoms with Gasteiger partial charge in [-0.25, -0.2) is 0 Å². The summed E-state index contributed by atoms with van der Waals surface area (Å²) in [5, 5.41) is 9.14. The van der Waals surface area contributed by atoms with Gasteiger partial charge in [-0.1, -0.05) is 20.3 Å². The van der Waals surface area contributed by atoms with Crippen LogP contribution in [-0.4, -0.2) is 35.1 Å². The maximum atomic E-state index is 11.1. The molecule has 1 heterocycles. The highest BCUT2D eigenvalue weighted by Gasteiger charge is 2.33. The third-order valence-corrected chi connectivity index (χ3v) is 3.09. The van der Waals surface area contributed by atoms with E-state index < -0.39 is 5.97 Å². The average molecular weight is 199 g/mol. The van der Waals surface area contributed by atoms with E-state index in [1.54, 1.807) is 0 Å². The molecule has 82 valence electrons. The second kappa shape index (κ2) is 5.35. The molecule has 1 saturated heterocycles. The van der Waals surface area contributed by atoms with Crippen LogP contribution in [-0.2, 0) is 4.79 Å². The van der Waals surface area contributed by atoms with Gasteiger partial charge in [0.05, 0.1) is 0 Å². The fourth-order valence-electron chi connectivity index (χ4n) is 2.28. The van der Waals surface area contributed by atoms with E-state index in [-0.39, 0.29) is 6.04 Å². The molecule has 0 amide bonds. The van der Waals surface area contributed by atoms with Gasteiger partial charge in [0.25, 0.3) is 0 Å². The van der Waals surface area contributed by atoms with E-state index in [2.05, 4.69) is 18.7 Å². The van der Waals surface area contributed by atoms with E-state index in [1.165, 1.54) is 0 Å². The SMILES string of the molecule is CCCCN1CCCC(C)C1C(=O)O. The number of carboxylic acid groups (broad SMARTS) is 1. The molecule has 1 aliphatic rings. The van der Waals surface area contributed by atoms with Crippen molar-refractivity contribution in [1.82, 2.24) is 4.90 Å². The molecule has 0 aromatic carbocycles. The van der Waals surface area contributed by atoms with Crippen LogP contribution in [0.4, 0.5) is 0 Å². The molecule has 0 aromatic heterocycles. The Balaban J connectivity index is 2.55. The first-order valence-electron chi connectivity index (χ1n) is 5.63. The lowest BCUT2D eigenvalue weighted by Crippen LogP contribution is -2.49. The first-order valence-corrected chi connectivity index (χ1v) is 5.63. The largest absolute Gasteiger partial charge is 0.480 e. The summed E-state index contributed by atoms with van der Waals surface area (Å²) in [4.78, 5) is 13.2. The predicted octanol–water partition coefficient (Wildman–Crippen LogP) is 1.97. The number of likely N-dealkylation sites (tertiary alicyclic amines) is 1. The van der Waals surface area contributed by atoms with E-state index in [9.17, 15) is 4.79 Å². The standard InChI is InChI=1S/C11H21NO2/c1-3-4-7-12-8-5-6-9(2)10(12)11(13)14/h9-10H,3-8H2,1-2H3,(H,13,14). The number of rotatable bonds is 4. The molecule has 1 rings (SSSR count). The summed E-state index contributed by atoms with van der Waals surface area (Å²) in [6.45, 7) is 6.10. The molecule has 3 heteroatoms. The zero-order valence-corrected chi connectivity index (χ0v) is 9.20. The van der Waals surface area contributed by atoms with Crippen LogP contribution in [0.15, 0.2) is 0 Å². The molecule has 3 nitrogen and oxygen atoms in total. The number of hydrogen-bond donors (Lipinski definition) is 1. The quantitative estimate of drug-likeness (QED) is 0.752. The Kier molecular flexibility index (Phi) is 4.39. The Morgan fingerprint density at radius 2 is 2.29 bits per heavy atom. The topological polar surface area (TPSA) is 40.5 Å². The first kappa shape index (κ1) is 11.5. The number of unbranched alkanes of at least 4 members (excludes halogenated alkanes) is 1. The number of aliphatic carboxylic acids is 1. The summed E-state index contributed by atoms with van der Waals surface area (Å²) in [6.07, 6.45) is 4.45. The van der Waals surface area contributed by atoms with Crippen LogP contribution in [0.5, 0.6) is 0 Å². The molecule has 0 spiro atoms. The minimum Gasteiger partial charge on any atom is -0.480 e. The van der Waals surface area contributed by atoms with Gasteiger partial charge in [-0.3, -0.25) is 9.69 Å². The summed E-state index contributed by atoms with van der Waals surface area (Å²) >= 11 is 0. The summed E-state index contributed by atoms with van der Waals surface area (Å²) in [7, 11) is 0. The second-order valence-corrected chi connectivity index (χ2v) is 4.29. The van der Waals surface area contributed by atoms with Crippen molar-refractivity contribution in [1.29, 1.82) is 0 Å². The first-order chi connectivity index (χ1) is 6.66. The van der Waals surface area contributed by atoms with Gasteiger partial charge in [-0.2, -0.15) is 0 Å². The molecular weight excluding hydrogens is 178 g/mol. The Morgan fingerprint density at radius 1 is 1.57 bits per heavy atom. The molecule has 2 unspecified atom stereocenters. The molecule has 1 N–H and O–H groups in total. The molecular formula is C11H21NO2. The van der Waals surface area contributed by atoms with Crippen LogP contribution in [0.1, 0.15) is 39.5 Å². The molecule has 0 aromatic rings. The average Bonchev–Trinajstić information content (AvgIpc) is 2.14. The van der Waals surface area contributed by atoms with E-state index in [4.69, 9.17) is 5.11 Å².